The SMILES string of the molecule is COc1ccc(Nc2ccnc(SC)n2)c(C)c1. The van der Waals surface area contributed by atoms with E-state index in [-0.39, 0.29) is 0 Å². The Hall–Kier alpha value is -1.75. The fourth-order valence-electron chi connectivity index (χ4n) is 1.55. The molecule has 0 amide bonds. The number of hydrogen-bond acceptors (Lipinski definition) is 5. The van der Waals surface area contributed by atoms with Crippen LogP contribution in [0.3, 0.4) is 0 Å². The van der Waals surface area contributed by atoms with Gasteiger partial charge in [0.15, 0.2) is 5.16 Å². The van der Waals surface area contributed by atoms with E-state index in [0.29, 0.717) is 0 Å². The highest BCUT2D eigenvalue weighted by molar-refractivity contribution is 7.98. The van der Waals surface area contributed by atoms with Crippen LogP contribution in [0, 0.1) is 6.92 Å². The molecule has 0 atom stereocenters. The first-order valence-corrected chi connectivity index (χ1v) is 6.74. The molecule has 18 heavy (non-hydrogen) atoms. The summed E-state index contributed by atoms with van der Waals surface area (Å²) < 4.78 is 5.18. The van der Waals surface area contributed by atoms with E-state index < -0.39 is 0 Å². The van der Waals surface area contributed by atoms with E-state index in [1.807, 2.05) is 37.4 Å². The van der Waals surface area contributed by atoms with Gasteiger partial charge in [-0.15, -0.1) is 0 Å². The van der Waals surface area contributed by atoms with Crippen LogP contribution in [0.1, 0.15) is 5.56 Å². The molecular formula is C13H15N3OS. The molecule has 2 rings (SSSR count). The normalized spacial score (nSPS) is 10.2. The van der Waals surface area contributed by atoms with Crippen LogP contribution in [0.25, 0.3) is 0 Å². The van der Waals surface area contributed by atoms with Gasteiger partial charge >= 0.3 is 0 Å². The van der Waals surface area contributed by atoms with Crippen LogP contribution < -0.4 is 10.1 Å². The molecule has 0 bridgehead atoms. The minimum atomic E-state index is 0.756. The zero-order valence-electron chi connectivity index (χ0n) is 10.6. The lowest BCUT2D eigenvalue weighted by Crippen LogP contribution is -1.97. The molecule has 0 spiro atoms. The van der Waals surface area contributed by atoms with Crippen LogP contribution in [-0.2, 0) is 0 Å². The molecule has 0 aliphatic rings. The first-order chi connectivity index (χ1) is 8.72. The van der Waals surface area contributed by atoms with Crippen LogP contribution in [0.15, 0.2) is 35.6 Å². The van der Waals surface area contributed by atoms with E-state index in [1.165, 1.54) is 11.8 Å². The molecule has 1 aromatic carbocycles. The largest absolute Gasteiger partial charge is 0.497 e. The minimum absolute atomic E-state index is 0.756. The summed E-state index contributed by atoms with van der Waals surface area (Å²) in [4.78, 5) is 8.52. The van der Waals surface area contributed by atoms with Crippen LogP contribution >= 0.6 is 11.8 Å². The number of nitrogens with one attached hydrogen (secondary N) is 1. The Balaban J connectivity index is 2.22. The Morgan fingerprint density at radius 3 is 2.78 bits per heavy atom. The first kappa shape index (κ1) is 12.7. The zero-order chi connectivity index (χ0) is 13.0. The Kier molecular flexibility index (Phi) is 4.04. The fourth-order valence-corrected chi connectivity index (χ4v) is 1.91. The molecule has 94 valence electrons. The Labute approximate surface area is 111 Å². The quantitative estimate of drug-likeness (QED) is 0.676. The number of hydrogen-bond donors (Lipinski definition) is 1. The molecule has 4 nitrogen and oxygen atoms in total. The van der Waals surface area contributed by atoms with Gasteiger partial charge in [-0.25, -0.2) is 9.97 Å². The molecule has 0 radical (unpaired) electrons. The molecule has 0 aliphatic carbocycles. The third kappa shape index (κ3) is 2.92. The van der Waals surface area contributed by atoms with Crippen molar-refractivity contribution in [2.24, 2.45) is 0 Å². The van der Waals surface area contributed by atoms with Gasteiger partial charge in [0.05, 0.1) is 7.11 Å². The van der Waals surface area contributed by atoms with Crippen molar-refractivity contribution in [3.05, 3.63) is 36.0 Å². The molecular weight excluding hydrogens is 246 g/mol. The van der Waals surface area contributed by atoms with Crippen molar-refractivity contribution < 1.29 is 4.74 Å². The minimum Gasteiger partial charge on any atom is -0.497 e. The van der Waals surface area contributed by atoms with Gasteiger partial charge in [-0.1, -0.05) is 11.8 Å². The zero-order valence-corrected chi connectivity index (χ0v) is 11.4. The van der Waals surface area contributed by atoms with Crippen molar-refractivity contribution >= 4 is 23.3 Å². The van der Waals surface area contributed by atoms with Crippen molar-refractivity contribution in [1.29, 1.82) is 0 Å². The van der Waals surface area contributed by atoms with E-state index in [2.05, 4.69) is 15.3 Å². The monoisotopic (exact) mass is 261 g/mol. The molecule has 1 heterocycles. The number of methoxy groups -OCH3 is 1. The van der Waals surface area contributed by atoms with Gasteiger partial charge in [0.1, 0.15) is 11.6 Å². The van der Waals surface area contributed by atoms with Crippen molar-refractivity contribution in [3.63, 3.8) is 0 Å². The van der Waals surface area contributed by atoms with Crippen LogP contribution in [0.4, 0.5) is 11.5 Å². The summed E-state index contributed by atoms with van der Waals surface area (Å²) in [7, 11) is 1.66. The lowest BCUT2D eigenvalue weighted by atomic mass is 10.2. The topological polar surface area (TPSA) is 47.0 Å². The fraction of sp³-hybridized carbons (Fsp3) is 0.231. The lowest BCUT2D eigenvalue weighted by molar-refractivity contribution is 0.414. The van der Waals surface area contributed by atoms with Gasteiger partial charge in [-0.2, -0.15) is 0 Å². The van der Waals surface area contributed by atoms with Gasteiger partial charge in [0.25, 0.3) is 0 Å². The van der Waals surface area contributed by atoms with Gasteiger partial charge < -0.3 is 10.1 Å². The summed E-state index contributed by atoms with van der Waals surface area (Å²) in [5, 5.41) is 4.03. The number of benzene rings is 1. The number of nitrogens with zero attached hydrogens (tertiary/aromatic N) is 2. The predicted molar refractivity (Wildman–Crippen MR) is 74.8 cm³/mol. The number of aryl methyl sites for hydroxylation is 1. The van der Waals surface area contributed by atoms with Crippen molar-refractivity contribution in [2.45, 2.75) is 12.1 Å². The number of rotatable bonds is 4. The second-order valence-corrected chi connectivity index (χ2v) is 4.51. The third-order valence-electron chi connectivity index (χ3n) is 2.51. The maximum Gasteiger partial charge on any atom is 0.189 e. The van der Waals surface area contributed by atoms with E-state index in [4.69, 9.17) is 4.74 Å². The van der Waals surface area contributed by atoms with E-state index in [9.17, 15) is 0 Å². The molecule has 0 unspecified atom stereocenters. The van der Waals surface area contributed by atoms with E-state index >= 15 is 0 Å². The highest BCUT2D eigenvalue weighted by Crippen LogP contribution is 2.24. The molecule has 2 aromatic rings. The molecule has 0 saturated heterocycles. The summed E-state index contributed by atoms with van der Waals surface area (Å²) in [6.45, 7) is 2.03. The van der Waals surface area contributed by atoms with Crippen LogP contribution in [-0.4, -0.2) is 23.3 Å². The molecule has 0 saturated carbocycles. The highest BCUT2D eigenvalue weighted by Gasteiger charge is 2.03. The van der Waals surface area contributed by atoms with Crippen LogP contribution in [0.5, 0.6) is 5.75 Å². The van der Waals surface area contributed by atoms with E-state index in [0.717, 1.165) is 28.0 Å². The Morgan fingerprint density at radius 1 is 1.28 bits per heavy atom. The summed E-state index contributed by atoms with van der Waals surface area (Å²) in [5.41, 5.74) is 2.13. The number of ether oxygens (including phenoxy) is 1. The number of anilines is 2. The molecule has 0 fully saturated rings. The second kappa shape index (κ2) is 5.73. The average molecular weight is 261 g/mol. The summed E-state index contributed by atoms with van der Waals surface area (Å²) in [6.07, 6.45) is 3.71. The van der Waals surface area contributed by atoms with Crippen molar-refractivity contribution in [1.82, 2.24) is 9.97 Å². The van der Waals surface area contributed by atoms with Gasteiger partial charge in [0, 0.05) is 11.9 Å². The molecule has 1 aromatic heterocycles. The lowest BCUT2D eigenvalue weighted by Gasteiger charge is -2.10. The third-order valence-corrected chi connectivity index (χ3v) is 3.07. The Bertz CT molecular complexity index is 546. The standard InChI is InChI=1S/C13H15N3OS/c1-9-8-10(17-2)4-5-11(9)15-12-6-7-14-13(16-12)18-3/h4-8H,1-3H3,(H,14,15,16). The molecule has 0 aliphatic heterocycles. The smallest absolute Gasteiger partial charge is 0.189 e. The van der Waals surface area contributed by atoms with Gasteiger partial charge in [0.2, 0.25) is 0 Å². The number of aromatic nitrogens is 2. The maximum atomic E-state index is 5.18. The average Bonchev–Trinajstić information content (AvgIpc) is 2.41. The van der Waals surface area contributed by atoms with E-state index in [1.54, 1.807) is 13.3 Å². The van der Waals surface area contributed by atoms with Gasteiger partial charge in [-0.3, -0.25) is 0 Å². The summed E-state index contributed by atoms with van der Waals surface area (Å²) in [6, 6.07) is 7.74. The molecule has 5 heteroatoms. The van der Waals surface area contributed by atoms with Crippen molar-refractivity contribution in [3.8, 4) is 5.75 Å². The summed E-state index contributed by atoms with van der Waals surface area (Å²) >= 11 is 1.52. The maximum absolute atomic E-state index is 5.18. The highest BCUT2D eigenvalue weighted by atomic mass is 32.2. The summed E-state index contributed by atoms with van der Waals surface area (Å²) in [5.74, 6) is 1.65. The van der Waals surface area contributed by atoms with Gasteiger partial charge in [-0.05, 0) is 43.0 Å². The second-order valence-electron chi connectivity index (χ2n) is 3.73. The Morgan fingerprint density at radius 2 is 2.11 bits per heavy atom. The van der Waals surface area contributed by atoms with Crippen molar-refractivity contribution in [2.75, 3.05) is 18.7 Å². The van der Waals surface area contributed by atoms with Crippen LogP contribution in [0.2, 0.25) is 0 Å². The molecule has 1 N–H and O–H groups in total. The predicted octanol–water partition coefficient (Wildman–Crippen LogP) is 3.26. The number of thioether (sulfide) groups is 1. The first-order valence-electron chi connectivity index (χ1n) is 5.51.